The molecule has 8 heteroatoms. The van der Waals surface area contributed by atoms with Crippen molar-refractivity contribution in [2.24, 2.45) is 5.73 Å². The van der Waals surface area contributed by atoms with Crippen LogP contribution in [0.1, 0.15) is 59.9 Å². The number of amides is 2. The van der Waals surface area contributed by atoms with E-state index in [2.05, 4.69) is 10.6 Å². The summed E-state index contributed by atoms with van der Waals surface area (Å²) in [6.07, 6.45) is 3.83. The molecule has 1 heterocycles. The molecule has 162 valence electrons. The molecule has 4 rings (SSSR count). The van der Waals surface area contributed by atoms with Crippen LogP contribution in [0.25, 0.3) is 0 Å². The van der Waals surface area contributed by atoms with Crippen molar-refractivity contribution in [3.05, 3.63) is 87.3 Å². The van der Waals surface area contributed by atoms with E-state index >= 15 is 0 Å². The van der Waals surface area contributed by atoms with E-state index in [-0.39, 0.29) is 10.9 Å². The minimum absolute atomic E-state index is 0.0838. The molecule has 2 aromatic carbocycles. The predicted octanol–water partition coefficient (Wildman–Crippen LogP) is 4.08. The molecule has 32 heavy (non-hydrogen) atoms. The molecule has 0 saturated heterocycles. The Morgan fingerprint density at radius 2 is 1.50 bits per heavy atom. The van der Waals surface area contributed by atoms with Crippen LogP contribution in [-0.2, 0) is 12.8 Å². The number of ketones is 1. The Kier molecular flexibility index (Phi) is 6.43. The van der Waals surface area contributed by atoms with Crippen LogP contribution < -0.4 is 16.4 Å². The van der Waals surface area contributed by atoms with Crippen molar-refractivity contribution in [3.63, 3.8) is 0 Å². The molecule has 1 aliphatic carbocycles. The van der Waals surface area contributed by atoms with Crippen LogP contribution in [0.4, 0.5) is 5.00 Å². The maximum absolute atomic E-state index is 12.6. The van der Waals surface area contributed by atoms with E-state index in [1.165, 1.54) is 11.3 Å². The smallest absolute Gasteiger partial charge is 0.257 e. The maximum atomic E-state index is 12.6. The third-order valence-corrected chi connectivity index (χ3v) is 6.73. The first-order valence-corrected chi connectivity index (χ1v) is 11.4. The van der Waals surface area contributed by atoms with Gasteiger partial charge in [-0.25, -0.2) is 0 Å². The molecule has 6 nitrogen and oxygen atoms in total. The first kappa shape index (κ1) is 21.9. The fraction of sp³-hybridized carbons (Fsp3) is 0.167. The van der Waals surface area contributed by atoms with E-state index in [1.54, 1.807) is 48.5 Å². The lowest BCUT2D eigenvalue weighted by atomic mass is 9.95. The summed E-state index contributed by atoms with van der Waals surface area (Å²) in [5, 5.41) is 6.24. The molecular formula is C24H21N3O3S2. The highest BCUT2D eigenvalue weighted by Crippen LogP contribution is 2.37. The number of carbonyl (C=O) groups excluding carboxylic acids is 3. The standard InChI is InChI=1S/C24H21N3O3S2/c25-21(29)19-17-8-4-5-9-18(17)32-23(19)27-24(31)26-22(30)16-12-10-15(11-13-16)20(28)14-6-2-1-3-7-14/h1-3,6-7,10-13H,4-5,8-9H2,(H2,25,29)(H2,26,27,30,31). The Morgan fingerprint density at radius 3 is 2.19 bits per heavy atom. The monoisotopic (exact) mass is 463 g/mol. The first-order valence-electron chi connectivity index (χ1n) is 10.2. The minimum Gasteiger partial charge on any atom is -0.365 e. The van der Waals surface area contributed by atoms with Crippen molar-refractivity contribution in [1.82, 2.24) is 5.32 Å². The van der Waals surface area contributed by atoms with Gasteiger partial charge >= 0.3 is 0 Å². The number of thiophene rings is 1. The number of benzene rings is 2. The van der Waals surface area contributed by atoms with Crippen LogP contribution in [0.5, 0.6) is 0 Å². The maximum Gasteiger partial charge on any atom is 0.257 e. The second kappa shape index (κ2) is 9.42. The summed E-state index contributed by atoms with van der Waals surface area (Å²) in [6, 6.07) is 15.3. The van der Waals surface area contributed by atoms with Crippen LogP contribution in [0, 0.1) is 0 Å². The summed E-state index contributed by atoms with van der Waals surface area (Å²) < 4.78 is 0. The number of hydrogen-bond donors (Lipinski definition) is 3. The molecule has 0 fully saturated rings. The number of rotatable bonds is 5. The molecule has 0 radical (unpaired) electrons. The van der Waals surface area contributed by atoms with Gasteiger partial charge in [0.1, 0.15) is 5.00 Å². The van der Waals surface area contributed by atoms with E-state index < -0.39 is 11.8 Å². The first-order chi connectivity index (χ1) is 15.4. The molecule has 1 aliphatic rings. The number of anilines is 1. The molecule has 2 amide bonds. The Hall–Kier alpha value is -3.36. The average Bonchev–Trinajstić information content (AvgIpc) is 3.17. The number of fused-ring (bicyclic) bond motifs is 1. The lowest BCUT2D eigenvalue weighted by molar-refractivity contribution is 0.0974. The van der Waals surface area contributed by atoms with E-state index in [1.807, 2.05) is 6.07 Å². The summed E-state index contributed by atoms with van der Waals surface area (Å²) in [4.78, 5) is 38.2. The number of aryl methyl sites for hydroxylation is 1. The van der Waals surface area contributed by atoms with Gasteiger partial charge in [-0.3, -0.25) is 19.7 Å². The molecule has 0 bridgehead atoms. The van der Waals surface area contributed by atoms with Gasteiger partial charge in [-0.1, -0.05) is 42.5 Å². The van der Waals surface area contributed by atoms with Crippen molar-refractivity contribution in [3.8, 4) is 0 Å². The predicted molar refractivity (Wildman–Crippen MR) is 129 cm³/mol. The van der Waals surface area contributed by atoms with Crippen LogP contribution in [0.2, 0.25) is 0 Å². The largest absolute Gasteiger partial charge is 0.365 e. The van der Waals surface area contributed by atoms with Crippen LogP contribution in [0.15, 0.2) is 54.6 Å². The summed E-state index contributed by atoms with van der Waals surface area (Å²) in [5.41, 5.74) is 8.49. The van der Waals surface area contributed by atoms with Gasteiger partial charge in [-0.05, 0) is 55.6 Å². The van der Waals surface area contributed by atoms with Gasteiger partial charge in [0.25, 0.3) is 11.8 Å². The van der Waals surface area contributed by atoms with Crippen LogP contribution in [0.3, 0.4) is 0 Å². The highest BCUT2D eigenvalue weighted by Gasteiger charge is 2.24. The molecule has 0 unspecified atom stereocenters. The fourth-order valence-electron chi connectivity index (χ4n) is 3.75. The number of thiocarbonyl (C=S) groups is 1. The Bertz CT molecular complexity index is 1200. The second-order valence-corrected chi connectivity index (χ2v) is 8.97. The third kappa shape index (κ3) is 4.61. The molecule has 0 saturated carbocycles. The van der Waals surface area contributed by atoms with Crippen molar-refractivity contribution in [1.29, 1.82) is 0 Å². The topological polar surface area (TPSA) is 101 Å². The number of nitrogens with two attached hydrogens (primary N) is 1. The van der Waals surface area contributed by atoms with Gasteiger partial charge in [0.2, 0.25) is 0 Å². The Morgan fingerprint density at radius 1 is 0.875 bits per heavy atom. The highest BCUT2D eigenvalue weighted by atomic mass is 32.1. The minimum atomic E-state index is -0.500. The summed E-state index contributed by atoms with van der Waals surface area (Å²) in [6.45, 7) is 0. The average molecular weight is 464 g/mol. The fourth-order valence-corrected chi connectivity index (χ4v) is 5.31. The quantitative estimate of drug-likeness (QED) is 0.391. The Labute approximate surface area is 194 Å². The molecule has 1 aromatic heterocycles. The number of hydrogen-bond acceptors (Lipinski definition) is 5. The van der Waals surface area contributed by atoms with Crippen molar-refractivity contribution < 1.29 is 14.4 Å². The zero-order valence-corrected chi connectivity index (χ0v) is 18.8. The number of nitrogens with one attached hydrogen (secondary N) is 2. The molecule has 0 atom stereocenters. The van der Waals surface area contributed by atoms with Gasteiger partial charge in [0.05, 0.1) is 5.56 Å². The zero-order chi connectivity index (χ0) is 22.7. The second-order valence-electron chi connectivity index (χ2n) is 7.46. The third-order valence-electron chi connectivity index (χ3n) is 5.32. The lowest BCUT2D eigenvalue weighted by Crippen LogP contribution is -2.34. The van der Waals surface area contributed by atoms with E-state index in [9.17, 15) is 14.4 Å². The summed E-state index contributed by atoms with van der Waals surface area (Å²) in [7, 11) is 0. The van der Waals surface area contributed by atoms with Crippen molar-refractivity contribution in [2.75, 3.05) is 5.32 Å². The molecule has 3 aromatic rings. The Balaban J connectivity index is 1.43. The van der Waals surface area contributed by atoms with E-state index in [0.29, 0.717) is 27.3 Å². The van der Waals surface area contributed by atoms with E-state index in [0.717, 1.165) is 36.1 Å². The van der Waals surface area contributed by atoms with Crippen molar-refractivity contribution >= 4 is 51.3 Å². The van der Waals surface area contributed by atoms with Gasteiger partial charge in [0, 0.05) is 21.6 Å². The number of carbonyl (C=O) groups is 3. The molecule has 0 aliphatic heterocycles. The van der Waals surface area contributed by atoms with Gasteiger partial charge in [-0.2, -0.15) is 0 Å². The van der Waals surface area contributed by atoms with Gasteiger partial charge in [0.15, 0.2) is 10.9 Å². The van der Waals surface area contributed by atoms with Gasteiger partial charge < -0.3 is 11.1 Å². The summed E-state index contributed by atoms with van der Waals surface area (Å²) >= 11 is 6.74. The molecule has 4 N–H and O–H groups in total. The van der Waals surface area contributed by atoms with Crippen molar-refractivity contribution in [2.45, 2.75) is 25.7 Å². The highest BCUT2D eigenvalue weighted by molar-refractivity contribution is 7.80. The number of primary amides is 1. The lowest BCUT2D eigenvalue weighted by Gasteiger charge is -2.11. The van der Waals surface area contributed by atoms with Gasteiger partial charge in [-0.15, -0.1) is 11.3 Å². The normalized spacial score (nSPS) is 12.5. The van der Waals surface area contributed by atoms with Crippen LogP contribution in [-0.4, -0.2) is 22.7 Å². The zero-order valence-electron chi connectivity index (χ0n) is 17.1. The van der Waals surface area contributed by atoms with E-state index in [4.69, 9.17) is 18.0 Å². The van der Waals surface area contributed by atoms with Crippen LogP contribution >= 0.6 is 23.6 Å². The molecule has 0 spiro atoms. The molecular weight excluding hydrogens is 442 g/mol. The SMILES string of the molecule is NC(=O)c1c(NC(=S)NC(=O)c2ccc(C(=O)c3ccccc3)cc2)sc2c1CCCC2. The summed E-state index contributed by atoms with van der Waals surface area (Å²) in [5.74, 6) is -1.03.